The van der Waals surface area contributed by atoms with Gasteiger partial charge in [-0.15, -0.1) is 0 Å². The minimum atomic E-state index is -0.211. The number of methoxy groups -OCH3 is 1. The maximum atomic E-state index is 12.4. The van der Waals surface area contributed by atoms with Crippen molar-refractivity contribution in [3.8, 4) is 5.75 Å². The number of amides is 4. The highest BCUT2D eigenvalue weighted by atomic mass is 16.5. The SMILES string of the molecule is COc1cccc(CCNC(=O)N2CCC(NC(=O)Nc3ccccc3)CC2)c1. The summed E-state index contributed by atoms with van der Waals surface area (Å²) in [7, 11) is 1.64. The molecule has 0 unspecified atom stereocenters. The minimum absolute atomic E-state index is 0.0555. The molecule has 1 fully saturated rings. The second-order valence-corrected chi connectivity index (χ2v) is 7.06. The van der Waals surface area contributed by atoms with Crippen molar-refractivity contribution in [3.05, 3.63) is 60.2 Å². The Balaban J connectivity index is 1.35. The highest BCUT2D eigenvalue weighted by Gasteiger charge is 2.23. The van der Waals surface area contributed by atoms with Crippen LogP contribution >= 0.6 is 0 Å². The Bertz CT molecular complexity index is 805. The van der Waals surface area contributed by atoms with E-state index in [1.807, 2.05) is 54.6 Å². The molecule has 2 aromatic rings. The monoisotopic (exact) mass is 396 g/mol. The van der Waals surface area contributed by atoms with Gasteiger partial charge >= 0.3 is 12.1 Å². The van der Waals surface area contributed by atoms with Gasteiger partial charge in [0.05, 0.1) is 7.11 Å². The second-order valence-electron chi connectivity index (χ2n) is 7.06. The summed E-state index contributed by atoms with van der Waals surface area (Å²) in [5.41, 5.74) is 1.88. The number of rotatable bonds is 6. The van der Waals surface area contributed by atoms with E-state index in [1.165, 1.54) is 0 Å². The first-order valence-electron chi connectivity index (χ1n) is 9.92. The zero-order valence-electron chi connectivity index (χ0n) is 16.7. The van der Waals surface area contributed by atoms with Crippen LogP contribution in [-0.4, -0.2) is 49.7 Å². The molecule has 7 heteroatoms. The molecule has 4 amide bonds. The first-order valence-corrected chi connectivity index (χ1v) is 9.92. The lowest BCUT2D eigenvalue weighted by Gasteiger charge is -2.32. The molecule has 3 rings (SSSR count). The van der Waals surface area contributed by atoms with Crippen LogP contribution in [0.3, 0.4) is 0 Å². The van der Waals surface area contributed by atoms with Crippen LogP contribution in [-0.2, 0) is 6.42 Å². The molecule has 154 valence electrons. The predicted octanol–water partition coefficient (Wildman–Crippen LogP) is 3.23. The van der Waals surface area contributed by atoms with Crippen molar-refractivity contribution in [1.29, 1.82) is 0 Å². The molecule has 1 aliphatic rings. The van der Waals surface area contributed by atoms with Crippen molar-refractivity contribution >= 4 is 17.7 Å². The van der Waals surface area contributed by atoms with Gasteiger partial charge in [-0.25, -0.2) is 9.59 Å². The maximum Gasteiger partial charge on any atom is 0.319 e. The zero-order valence-corrected chi connectivity index (χ0v) is 16.7. The van der Waals surface area contributed by atoms with Crippen LogP contribution in [0.5, 0.6) is 5.75 Å². The van der Waals surface area contributed by atoms with Crippen molar-refractivity contribution < 1.29 is 14.3 Å². The van der Waals surface area contributed by atoms with Crippen LogP contribution in [0.1, 0.15) is 18.4 Å². The van der Waals surface area contributed by atoms with Gasteiger partial charge in [-0.05, 0) is 49.1 Å². The van der Waals surface area contributed by atoms with E-state index >= 15 is 0 Å². The fourth-order valence-electron chi connectivity index (χ4n) is 3.35. The number of hydrogen-bond acceptors (Lipinski definition) is 3. The first-order chi connectivity index (χ1) is 14.1. The van der Waals surface area contributed by atoms with Crippen molar-refractivity contribution in [3.63, 3.8) is 0 Å². The topological polar surface area (TPSA) is 82.7 Å². The number of carbonyl (C=O) groups excluding carboxylic acids is 2. The molecule has 0 spiro atoms. The highest BCUT2D eigenvalue weighted by molar-refractivity contribution is 5.89. The molecular weight excluding hydrogens is 368 g/mol. The number of nitrogens with zero attached hydrogens (tertiary/aromatic N) is 1. The smallest absolute Gasteiger partial charge is 0.319 e. The van der Waals surface area contributed by atoms with Crippen molar-refractivity contribution in [2.75, 3.05) is 32.1 Å². The van der Waals surface area contributed by atoms with Gasteiger partial charge in [-0.3, -0.25) is 0 Å². The summed E-state index contributed by atoms with van der Waals surface area (Å²) in [6.45, 7) is 1.83. The summed E-state index contributed by atoms with van der Waals surface area (Å²) in [5, 5.41) is 8.78. The standard InChI is InChI=1S/C22H28N4O3/c1-29-20-9-5-6-17(16-20)10-13-23-22(28)26-14-11-19(12-15-26)25-21(27)24-18-7-3-2-4-8-18/h2-9,16,19H,10-15H2,1H3,(H,23,28)(H2,24,25,27). The summed E-state index contributed by atoms with van der Waals surface area (Å²) in [6, 6.07) is 17.0. The van der Waals surface area contributed by atoms with Crippen LogP contribution in [0.25, 0.3) is 0 Å². The largest absolute Gasteiger partial charge is 0.497 e. The van der Waals surface area contributed by atoms with Gasteiger partial charge in [-0.1, -0.05) is 30.3 Å². The van der Waals surface area contributed by atoms with Crippen molar-refractivity contribution in [1.82, 2.24) is 15.5 Å². The predicted molar refractivity (Wildman–Crippen MR) is 113 cm³/mol. The van der Waals surface area contributed by atoms with E-state index in [0.29, 0.717) is 19.6 Å². The van der Waals surface area contributed by atoms with Gasteiger partial charge in [-0.2, -0.15) is 0 Å². The third-order valence-corrected chi connectivity index (χ3v) is 4.97. The minimum Gasteiger partial charge on any atom is -0.497 e. The van der Waals surface area contributed by atoms with Crippen LogP contribution < -0.4 is 20.7 Å². The van der Waals surface area contributed by atoms with Gasteiger partial charge in [0.15, 0.2) is 0 Å². The lowest BCUT2D eigenvalue weighted by atomic mass is 10.1. The molecule has 0 aromatic heterocycles. The summed E-state index contributed by atoms with van der Waals surface area (Å²) in [6.07, 6.45) is 2.23. The van der Waals surface area contributed by atoms with Crippen molar-refractivity contribution in [2.24, 2.45) is 0 Å². The molecule has 1 aliphatic heterocycles. The number of nitrogens with one attached hydrogen (secondary N) is 3. The Hall–Kier alpha value is -3.22. The number of piperidine rings is 1. The number of para-hydroxylation sites is 1. The van der Waals surface area contributed by atoms with Crippen molar-refractivity contribution in [2.45, 2.75) is 25.3 Å². The number of carbonyl (C=O) groups is 2. The van der Waals surface area contributed by atoms with Crippen LogP contribution in [0.4, 0.5) is 15.3 Å². The molecule has 29 heavy (non-hydrogen) atoms. The van der Waals surface area contributed by atoms with E-state index in [-0.39, 0.29) is 18.1 Å². The molecule has 2 aromatic carbocycles. The number of hydrogen-bond donors (Lipinski definition) is 3. The molecule has 0 atom stereocenters. The first kappa shape index (κ1) is 20.5. The van der Waals surface area contributed by atoms with E-state index in [1.54, 1.807) is 12.0 Å². The summed E-state index contributed by atoms with van der Waals surface area (Å²) < 4.78 is 5.22. The molecule has 1 saturated heterocycles. The van der Waals surface area contributed by atoms with E-state index in [2.05, 4.69) is 16.0 Å². The summed E-state index contributed by atoms with van der Waals surface area (Å²) in [4.78, 5) is 26.3. The fourth-order valence-corrected chi connectivity index (χ4v) is 3.35. The molecule has 7 nitrogen and oxygen atoms in total. The molecule has 1 heterocycles. The quantitative estimate of drug-likeness (QED) is 0.701. The van der Waals surface area contributed by atoms with Crippen LogP contribution in [0.15, 0.2) is 54.6 Å². The Morgan fingerprint density at radius 1 is 1.07 bits per heavy atom. The fraction of sp³-hybridized carbons (Fsp3) is 0.364. The van der Waals surface area contributed by atoms with Gasteiger partial charge < -0.3 is 25.6 Å². The van der Waals surface area contributed by atoms with E-state index in [9.17, 15) is 9.59 Å². The van der Waals surface area contributed by atoms with Gasteiger partial charge in [0.1, 0.15) is 5.75 Å². The number of anilines is 1. The zero-order chi connectivity index (χ0) is 20.5. The maximum absolute atomic E-state index is 12.4. The van der Waals surface area contributed by atoms with Crippen LogP contribution in [0.2, 0.25) is 0 Å². The molecular formula is C22H28N4O3. The second kappa shape index (κ2) is 10.4. The lowest BCUT2D eigenvalue weighted by Crippen LogP contribution is -2.50. The average molecular weight is 396 g/mol. The van der Waals surface area contributed by atoms with Gasteiger partial charge in [0.25, 0.3) is 0 Å². The van der Waals surface area contributed by atoms with E-state index < -0.39 is 0 Å². The highest BCUT2D eigenvalue weighted by Crippen LogP contribution is 2.13. The van der Waals surface area contributed by atoms with Gasteiger partial charge in [0, 0.05) is 31.4 Å². The summed E-state index contributed by atoms with van der Waals surface area (Å²) in [5.74, 6) is 0.819. The van der Waals surface area contributed by atoms with E-state index in [0.717, 1.165) is 36.3 Å². The number of benzene rings is 2. The number of ether oxygens (including phenoxy) is 1. The average Bonchev–Trinajstić information content (AvgIpc) is 2.75. The Morgan fingerprint density at radius 2 is 1.83 bits per heavy atom. The normalized spacial score (nSPS) is 14.2. The van der Waals surface area contributed by atoms with E-state index in [4.69, 9.17) is 4.74 Å². The molecule has 0 saturated carbocycles. The molecule has 0 radical (unpaired) electrons. The third-order valence-electron chi connectivity index (χ3n) is 4.97. The Labute approximate surface area is 171 Å². The number of urea groups is 2. The molecule has 3 N–H and O–H groups in total. The molecule has 0 bridgehead atoms. The van der Waals surface area contributed by atoms with Gasteiger partial charge in [0.2, 0.25) is 0 Å². The molecule has 0 aliphatic carbocycles. The third kappa shape index (κ3) is 6.41. The lowest BCUT2D eigenvalue weighted by molar-refractivity contribution is 0.177. The Kier molecular flexibility index (Phi) is 7.33. The van der Waals surface area contributed by atoms with Crippen LogP contribution in [0, 0.1) is 0 Å². The summed E-state index contributed by atoms with van der Waals surface area (Å²) >= 11 is 0. The Morgan fingerprint density at radius 3 is 2.55 bits per heavy atom. The number of likely N-dealkylation sites (tertiary alicyclic amines) is 1.